The minimum Gasteiger partial charge on any atom is -0.457 e. The number of hydrogen-bond acceptors (Lipinski definition) is 11. The molecule has 6 N–H and O–H groups in total. The van der Waals surface area contributed by atoms with E-state index in [9.17, 15) is 39.8 Å². The molecule has 0 aromatic heterocycles. The summed E-state index contributed by atoms with van der Waals surface area (Å²) in [6.07, 6.45) is 36.8. The van der Waals surface area contributed by atoms with E-state index in [2.05, 4.69) is 38.2 Å². The van der Waals surface area contributed by atoms with Crippen LogP contribution in [0.2, 0.25) is 0 Å². The molecule has 0 amide bonds. The van der Waals surface area contributed by atoms with E-state index in [0.717, 1.165) is 64.2 Å². The van der Waals surface area contributed by atoms with Gasteiger partial charge in [0.1, 0.15) is 42.7 Å². The lowest BCUT2D eigenvalue weighted by Crippen LogP contribution is -2.64. The number of phosphoric acid groups is 1. The Hall–Kier alpha value is -1.18. The van der Waals surface area contributed by atoms with Gasteiger partial charge in [0.2, 0.25) is 0 Å². The van der Waals surface area contributed by atoms with Crippen LogP contribution in [0, 0.1) is 0 Å². The highest BCUT2D eigenvalue weighted by Crippen LogP contribution is 2.47. The number of carbonyl (C=O) groups is 1. The normalized spacial score (nSPS) is 21.8. The molecule has 12 nitrogen and oxygen atoms in total. The Bertz CT molecular complexity index is 1150. The predicted molar refractivity (Wildman–Crippen MR) is 258 cm³/mol. The van der Waals surface area contributed by atoms with Gasteiger partial charge in [-0.1, -0.05) is 212 Å². The van der Waals surface area contributed by atoms with E-state index in [4.69, 9.17) is 18.5 Å². The van der Waals surface area contributed by atoms with Gasteiger partial charge < -0.3 is 39.9 Å². The van der Waals surface area contributed by atoms with Crippen molar-refractivity contribution in [1.29, 1.82) is 0 Å². The molecule has 0 aromatic carbocycles. The molecule has 0 aliphatic heterocycles. The maximum absolute atomic E-state index is 12.8. The Morgan fingerprint density at radius 2 is 0.891 bits per heavy atom. The van der Waals surface area contributed by atoms with Gasteiger partial charge in [0.05, 0.1) is 13.2 Å². The highest BCUT2D eigenvalue weighted by atomic mass is 31.2. The van der Waals surface area contributed by atoms with E-state index in [0.29, 0.717) is 13.0 Å². The van der Waals surface area contributed by atoms with Crippen LogP contribution in [0.4, 0.5) is 0 Å². The summed E-state index contributed by atoms with van der Waals surface area (Å²) in [4.78, 5) is 23.2. The second-order valence-corrected chi connectivity index (χ2v) is 19.8. The molecule has 1 aliphatic carbocycles. The van der Waals surface area contributed by atoms with Gasteiger partial charge in [0, 0.05) is 13.0 Å². The van der Waals surface area contributed by atoms with Gasteiger partial charge in [0.15, 0.2) is 0 Å². The Morgan fingerprint density at radius 1 is 0.500 bits per heavy atom. The fraction of sp³-hybridized carbons (Fsp3) is 0.902. The molecule has 378 valence electrons. The largest absolute Gasteiger partial charge is 0.472 e. The van der Waals surface area contributed by atoms with Crippen LogP contribution >= 0.6 is 7.82 Å². The van der Waals surface area contributed by atoms with Crippen molar-refractivity contribution in [1.82, 2.24) is 0 Å². The van der Waals surface area contributed by atoms with Crippen LogP contribution in [0.15, 0.2) is 24.3 Å². The molecule has 0 saturated heterocycles. The Kier molecular flexibility index (Phi) is 39.9. The number of hydrogen-bond donors (Lipinski definition) is 6. The molecule has 6 unspecified atom stereocenters. The number of carbonyl (C=O) groups excluding carboxylic acids is 1. The van der Waals surface area contributed by atoms with Crippen LogP contribution in [0.25, 0.3) is 0 Å². The van der Waals surface area contributed by atoms with E-state index in [1.807, 2.05) is 0 Å². The molecule has 0 heterocycles. The summed E-state index contributed by atoms with van der Waals surface area (Å²) in [6.45, 7) is 4.24. The number of unbranched alkanes of at least 4 members (excludes halogenated alkanes) is 29. The molecular weight excluding hydrogens is 836 g/mol. The lowest BCUT2D eigenvalue weighted by Gasteiger charge is -2.41. The summed E-state index contributed by atoms with van der Waals surface area (Å²) < 4.78 is 34.3. The second-order valence-electron chi connectivity index (χ2n) is 18.4. The summed E-state index contributed by atoms with van der Waals surface area (Å²) in [5.74, 6) is -0.487. The zero-order chi connectivity index (χ0) is 46.9. The van der Waals surface area contributed by atoms with Crippen molar-refractivity contribution in [2.45, 2.75) is 275 Å². The van der Waals surface area contributed by atoms with Crippen molar-refractivity contribution in [2.75, 3.05) is 19.8 Å². The molecule has 0 aromatic rings. The molecule has 1 fully saturated rings. The van der Waals surface area contributed by atoms with E-state index in [1.54, 1.807) is 0 Å². The van der Waals surface area contributed by atoms with Crippen molar-refractivity contribution in [3.63, 3.8) is 0 Å². The first-order valence-corrected chi connectivity index (χ1v) is 27.7. The zero-order valence-corrected chi connectivity index (χ0v) is 41.5. The molecule has 1 aliphatic rings. The zero-order valence-electron chi connectivity index (χ0n) is 40.6. The quantitative estimate of drug-likeness (QED) is 0.0147. The van der Waals surface area contributed by atoms with Crippen LogP contribution in [-0.4, -0.2) is 98.9 Å². The van der Waals surface area contributed by atoms with Crippen LogP contribution in [-0.2, 0) is 27.9 Å². The molecule has 1 saturated carbocycles. The van der Waals surface area contributed by atoms with Crippen molar-refractivity contribution in [3.05, 3.63) is 24.3 Å². The van der Waals surface area contributed by atoms with E-state index in [-0.39, 0.29) is 13.0 Å². The van der Waals surface area contributed by atoms with Crippen LogP contribution in [0.3, 0.4) is 0 Å². The number of rotatable bonds is 45. The first-order valence-electron chi connectivity index (χ1n) is 26.2. The monoisotopic (exact) mass is 933 g/mol. The number of esters is 1. The smallest absolute Gasteiger partial charge is 0.457 e. The van der Waals surface area contributed by atoms with Crippen LogP contribution < -0.4 is 0 Å². The summed E-state index contributed by atoms with van der Waals surface area (Å²) in [5.41, 5.74) is 0. The lowest BCUT2D eigenvalue weighted by atomic mass is 9.85. The summed E-state index contributed by atoms with van der Waals surface area (Å²) in [6, 6.07) is 0. The average molecular weight is 933 g/mol. The fourth-order valence-electron chi connectivity index (χ4n) is 8.14. The molecule has 0 radical (unpaired) electrons. The van der Waals surface area contributed by atoms with Crippen LogP contribution in [0.5, 0.6) is 0 Å². The van der Waals surface area contributed by atoms with E-state index >= 15 is 0 Å². The summed E-state index contributed by atoms with van der Waals surface area (Å²) >= 11 is 0. The average Bonchev–Trinajstić information content (AvgIpc) is 3.28. The third-order valence-electron chi connectivity index (χ3n) is 12.3. The van der Waals surface area contributed by atoms with E-state index < -0.39 is 63.1 Å². The summed E-state index contributed by atoms with van der Waals surface area (Å²) in [5, 5.41) is 50.3. The molecule has 64 heavy (non-hydrogen) atoms. The SMILES string of the molecule is CCCC/C=C\C/C=C\CCCCCCCC(=O)OC(COCCCCCCCCCCCCCCCCCCCCCCCCC)COP(=O)(O)OC1C(O)C(O)C(O)C(O)C1O. The first-order chi connectivity index (χ1) is 31.0. The molecule has 1 rings (SSSR count). The number of aliphatic hydroxyl groups is 5. The standard InChI is InChI=1S/C51H97O12P/c1-3-5-7-9-11-13-15-17-19-20-21-22-23-24-25-26-27-29-31-33-35-37-39-41-60-42-44(43-61-64(58,59)63-51-49(56)47(54)46(53)48(55)50(51)57)62-45(52)40-38-36-34-32-30-28-18-16-14-12-10-8-6-4-2/h10,12,16,18,44,46-51,53-57H,3-9,11,13-15,17,19-43H2,1-2H3,(H,58,59)/b12-10-,18-16-. The molecular formula is C51H97O12P. The van der Waals surface area contributed by atoms with Gasteiger partial charge in [-0.15, -0.1) is 0 Å². The number of phosphoric ester groups is 1. The lowest BCUT2D eigenvalue weighted by molar-refractivity contribution is -0.220. The van der Waals surface area contributed by atoms with Crippen molar-refractivity contribution in [3.8, 4) is 0 Å². The Morgan fingerprint density at radius 3 is 1.36 bits per heavy atom. The van der Waals surface area contributed by atoms with E-state index in [1.165, 1.54) is 141 Å². The third kappa shape index (κ3) is 33.3. The minimum atomic E-state index is -5.02. The maximum Gasteiger partial charge on any atom is 0.472 e. The number of allylic oxidation sites excluding steroid dienone is 4. The van der Waals surface area contributed by atoms with Gasteiger partial charge in [-0.3, -0.25) is 13.8 Å². The first kappa shape index (κ1) is 60.8. The third-order valence-corrected chi connectivity index (χ3v) is 13.3. The van der Waals surface area contributed by atoms with Crippen molar-refractivity contribution < 1.29 is 58.3 Å². The van der Waals surface area contributed by atoms with Gasteiger partial charge in [0.25, 0.3) is 0 Å². The number of ether oxygens (including phenoxy) is 2. The van der Waals surface area contributed by atoms with Crippen LogP contribution in [0.1, 0.15) is 232 Å². The fourth-order valence-corrected chi connectivity index (χ4v) is 9.11. The highest BCUT2D eigenvalue weighted by Gasteiger charge is 2.51. The Balaban J connectivity index is 2.29. The molecule has 0 spiro atoms. The van der Waals surface area contributed by atoms with Gasteiger partial charge in [-0.05, 0) is 38.5 Å². The number of aliphatic hydroxyl groups excluding tert-OH is 5. The predicted octanol–water partition coefficient (Wildman–Crippen LogP) is 11.7. The second kappa shape index (κ2) is 42.0. The Labute approximate surface area is 390 Å². The molecule has 13 heteroatoms. The summed E-state index contributed by atoms with van der Waals surface area (Å²) in [7, 11) is -5.02. The van der Waals surface area contributed by atoms with Gasteiger partial charge in [-0.2, -0.15) is 0 Å². The maximum atomic E-state index is 12.8. The van der Waals surface area contributed by atoms with Gasteiger partial charge in [-0.25, -0.2) is 4.57 Å². The highest BCUT2D eigenvalue weighted by molar-refractivity contribution is 7.47. The van der Waals surface area contributed by atoms with Gasteiger partial charge >= 0.3 is 13.8 Å². The molecule has 0 bridgehead atoms. The minimum absolute atomic E-state index is 0.0780. The molecule has 6 atom stereocenters. The van der Waals surface area contributed by atoms with Crippen molar-refractivity contribution >= 4 is 13.8 Å². The van der Waals surface area contributed by atoms with Crippen molar-refractivity contribution in [2.24, 2.45) is 0 Å². The topological polar surface area (TPSA) is 192 Å².